The van der Waals surface area contributed by atoms with E-state index in [0.29, 0.717) is 23.3 Å². The molecule has 0 fully saturated rings. The van der Waals surface area contributed by atoms with Gasteiger partial charge in [0.2, 0.25) is 11.8 Å². The molecule has 0 spiro atoms. The topological polar surface area (TPSA) is 102 Å². The van der Waals surface area contributed by atoms with Crippen LogP contribution in [0.1, 0.15) is 13.8 Å². The van der Waals surface area contributed by atoms with Crippen LogP contribution in [0.15, 0.2) is 28.0 Å². The van der Waals surface area contributed by atoms with Crippen molar-refractivity contribution in [2.45, 2.75) is 25.0 Å². The van der Waals surface area contributed by atoms with Crippen molar-refractivity contribution in [2.24, 2.45) is 7.05 Å². The number of carbonyl (C=O) groups excluding carboxylic acids is 2. The first kappa shape index (κ1) is 17.1. The van der Waals surface area contributed by atoms with Crippen molar-refractivity contribution in [1.29, 1.82) is 0 Å². The molecule has 1 atom stereocenters. The Morgan fingerprint density at radius 1 is 1.43 bits per heavy atom. The fraction of sp³-hybridized carbons (Fsp3) is 0.429. The Hall–Kier alpha value is -2.29. The molecule has 0 bridgehead atoms. The number of carbonyl (C=O) groups is 2. The van der Waals surface area contributed by atoms with Gasteiger partial charge >= 0.3 is 0 Å². The summed E-state index contributed by atoms with van der Waals surface area (Å²) in [4.78, 5) is 23.5. The highest BCUT2D eigenvalue weighted by Crippen LogP contribution is 2.22. The van der Waals surface area contributed by atoms with Gasteiger partial charge in [0.05, 0.1) is 12.0 Å². The molecule has 2 N–H and O–H groups in total. The van der Waals surface area contributed by atoms with Crippen LogP contribution in [0.2, 0.25) is 0 Å². The van der Waals surface area contributed by atoms with Crippen molar-refractivity contribution in [1.82, 2.24) is 25.4 Å². The molecule has 2 rings (SSSR count). The second kappa shape index (κ2) is 7.82. The second-order valence-electron chi connectivity index (χ2n) is 4.81. The first-order chi connectivity index (χ1) is 11.0. The van der Waals surface area contributed by atoms with E-state index in [1.807, 2.05) is 6.92 Å². The number of thioether (sulfide) groups is 1. The van der Waals surface area contributed by atoms with Crippen LogP contribution >= 0.6 is 11.8 Å². The van der Waals surface area contributed by atoms with Gasteiger partial charge in [0.25, 0.3) is 0 Å². The third kappa shape index (κ3) is 4.35. The molecule has 23 heavy (non-hydrogen) atoms. The molecule has 8 nitrogen and oxygen atoms in total. The van der Waals surface area contributed by atoms with Crippen molar-refractivity contribution in [3.05, 3.63) is 18.4 Å². The Labute approximate surface area is 138 Å². The summed E-state index contributed by atoms with van der Waals surface area (Å²) in [5, 5.41) is 14.0. The number of furan rings is 1. The molecule has 0 aromatic carbocycles. The largest absolute Gasteiger partial charge is 0.461 e. The van der Waals surface area contributed by atoms with Gasteiger partial charge in [-0.05, 0) is 26.0 Å². The highest BCUT2D eigenvalue weighted by molar-refractivity contribution is 7.99. The van der Waals surface area contributed by atoms with Gasteiger partial charge < -0.3 is 19.6 Å². The highest BCUT2D eigenvalue weighted by Gasteiger charge is 2.17. The molecule has 0 saturated carbocycles. The molecule has 9 heteroatoms. The van der Waals surface area contributed by atoms with Crippen LogP contribution in [0.4, 0.5) is 0 Å². The van der Waals surface area contributed by atoms with Gasteiger partial charge in [0, 0.05) is 13.6 Å². The lowest BCUT2D eigenvalue weighted by atomic mass is 10.3. The van der Waals surface area contributed by atoms with E-state index in [-0.39, 0.29) is 17.6 Å². The van der Waals surface area contributed by atoms with Gasteiger partial charge in [-0.1, -0.05) is 11.8 Å². The predicted molar refractivity (Wildman–Crippen MR) is 85.7 cm³/mol. The quantitative estimate of drug-likeness (QED) is 0.725. The van der Waals surface area contributed by atoms with E-state index < -0.39 is 6.04 Å². The summed E-state index contributed by atoms with van der Waals surface area (Å²) < 4.78 is 7.04. The number of nitrogens with one attached hydrogen (secondary N) is 2. The van der Waals surface area contributed by atoms with Gasteiger partial charge in [-0.15, -0.1) is 10.2 Å². The van der Waals surface area contributed by atoms with E-state index >= 15 is 0 Å². The van der Waals surface area contributed by atoms with E-state index in [2.05, 4.69) is 20.8 Å². The third-order valence-corrected chi connectivity index (χ3v) is 4.05. The predicted octanol–water partition coefficient (Wildman–Crippen LogP) is 0.808. The zero-order valence-corrected chi connectivity index (χ0v) is 14.0. The van der Waals surface area contributed by atoms with Crippen LogP contribution in [0.5, 0.6) is 0 Å². The van der Waals surface area contributed by atoms with Gasteiger partial charge in [0.15, 0.2) is 16.7 Å². The van der Waals surface area contributed by atoms with E-state index in [1.165, 1.54) is 11.8 Å². The Morgan fingerprint density at radius 2 is 2.22 bits per heavy atom. The highest BCUT2D eigenvalue weighted by atomic mass is 32.2. The number of likely N-dealkylation sites (N-methyl/N-ethyl adjacent to an activating group) is 1. The lowest BCUT2D eigenvalue weighted by Gasteiger charge is -2.12. The summed E-state index contributed by atoms with van der Waals surface area (Å²) in [6, 6.07) is 2.99. The minimum Gasteiger partial charge on any atom is -0.461 e. The van der Waals surface area contributed by atoms with Crippen molar-refractivity contribution in [2.75, 3.05) is 12.3 Å². The van der Waals surface area contributed by atoms with Crippen LogP contribution in [-0.4, -0.2) is 44.9 Å². The fourth-order valence-electron chi connectivity index (χ4n) is 1.87. The zero-order valence-electron chi connectivity index (χ0n) is 13.2. The Kier molecular flexibility index (Phi) is 5.80. The molecule has 0 unspecified atom stereocenters. The summed E-state index contributed by atoms with van der Waals surface area (Å²) in [6.45, 7) is 4.00. The molecule has 0 radical (unpaired) electrons. The molecule has 0 aliphatic rings. The van der Waals surface area contributed by atoms with E-state index in [9.17, 15) is 9.59 Å². The summed E-state index contributed by atoms with van der Waals surface area (Å²) in [6.07, 6.45) is 1.56. The summed E-state index contributed by atoms with van der Waals surface area (Å²) in [5.74, 6) is 0.907. The maximum absolute atomic E-state index is 11.9. The van der Waals surface area contributed by atoms with E-state index in [0.717, 1.165) is 0 Å². The monoisotopic (exact) mass is 337 g/mol. The molecule has 2 aromatic heterocycles. The summed E-state index contributed by atoms with van der Waals surface area (Å²) in [7, 11) is 1.80. The van der Waals surface area contributed by atoms with Crippen LogP contribution in [0.3, 0.4) is 0 Å². The standard InChI is InChI=1S/C14H19N5O3S/c1-4-15-13(21)9(2)16-11(20)8-23-14-18-17-12(19(14)3)10-6-5-7-22-10/h5-7,9H,4,8H2,1-3H3,(H,15,21)(H,16,20)/t9-/m0/s1. The average Bonchev–Trinajstić information content (AvgIpc) is 3.15. The Morgan fingerprint density at radius 3 is 2.87 bits per heavy atom. The maximum atomic E-state index is 11.9. The van der Waals surface area contributed by atoms with E-state index in [4.69, 9.17) is 4.42 Å². The summed E-state index contributed by atoms with van der Waals surface area (Å²) in [5.41, 5.74) is 0. The number of hydrogen-bond acceptors (Lipinski definition) is 6. The maximum Gasteiger partial charge on any atom is 0.242 e. The van der Waals surface area contributed by atoms with Crippen LogP contribution in [0.25, 0.3) is 11.6 Å². The van der Waals surface area contributed by atoms with Crippen LogP contribution in [0, 0.1) is 0 Å². The van der Waals surface area contributed by atoms with Gasteiger partial charge in [0.1, 0.15) is 6.04 Å². The Balaban J connectivity index is 1.89. The normalized spacial score (nSPS) is 12.0. The number of hydrogen-bond donors (Lipinski definition) is 2. The van der Waals surface area contributed by atoms with Crippen molar-refractivity contribution in [3.63, 3.8) is 0 Å². The van der Waals surface area contributed by atoms with Gasteiger partial charge in [-0.3, -0.25) is 9.59 Å². The number of aromatic nitrogens is 3. The SMILES string of the molecule is CCNC(=O)[C@H](C)NC(=O)CSc1nnc(-c2ccco2)n1C. The molecular weight excluding hydrogens is 318 g/mol. The lowest BCUT2D eigenvalue weighted by molar-refractivity contribution is -0.127. The van der Waals surface area contributed by atoms with Gasteiger partial charge in [-0.25, -0.2) is 0 Å². The van der Waals surface area contributed by atoms with Gasteiger partial charge in [-0.2, -0.15) is 0 Å². The van der Waals surface area contributed by atoms with E-state index in [1.54, 1.807) is 36.9 Å². The number of nitrogens with zero attached hydrogens (tertiary/aromatic N) is 3. The second-order valence-corrected chi connectivity index (χ2v) is 5.76. The number of amides is 2. The third-order valence-electron chi connectivity index (χ3n) is 3.03. The molecule has 2 heterocycles. The van der Waals surface area contributed by atoms with Crippen LogP contribution in [-0.2, 0) is 16.6 Å². The minimum absolute atomic E-state index is 0.147. The van der Waals surface area contributed by atoms with Crippen molar-refractivity contribution in [3.8, 4) is 11.6 Å². The molecule has 0 aliphatic carbocycles. The Bertz CT molecular complexity index is 668. The zero-order chi connectivity index (χ0) is 16.8. The first-order valence-electron chi connectivity index (χ1n) is 7.16. The minimum atomic E-state index is -0.568. The molecular formula is C14H19N5O3S. The number of rotatable bonds is 7. The molecule has 0 saturated heterocycles. The summed E-state index contributed by atoms with van der Waals surface area (Å²) >= 11 is 1.24. The fourth-order valence-corrected chi connectivity index (χ4v) is 2.59. The van der Waals surface area contributed by atoms with Crippen molar-refractivity contribution >= 4 is 23.6 Å². The molecule has 2 amide bonds. The molecule has 0 aliphatic heterocycles. The lowest BCUT2D eigenvalue weighted by Crippen LogP contribution is -2.45. The first-order valence-corrected chi connectivity index (χ1v) is 8.14. The average molecular weight is 337 g/mol. The smallest absolute Gasteiger partial charge is 0.242 e. The molecule has 124 valence electrons. The molecule has 2 aromatic rings. The van der Waals surface area contributed by atoms with Crippen LogP contribution < -0.4 is 10.6 Å². The van der Waals surface area contributed by atoms with Crippen molar-refractivity contribution < 1.29 is 14.0 Å².